The maximum absolute atomic E-state index is 11.5. The minimum absolute atomic E-state index is 0.0786. The van der Waals surface area contributed by atoms with Crippen molar-refractivity contribution in [2.24, 2.45) is 5.73 Å². The van der Waals surface area contributed by atoms with Crippen LogP contribution in [0.15, 0.2) is 0 Å². The van der Waals surface area contributed by atoms with Crippen molar-refractivity contribution in [2.45, 2.75) is 73.7 Å². The Hall–Kier alpha value is -1.70. The van der Waals surface area contributed by atoms with E-state index in [-0.39, 0.29) is 18.9 Å². The number of carbonyl (C=O) groups is 1. The van der Waals surface area contributed by atoms with Gasteiger partial charge in [-0.1, -0.05) is 0 Å². The third kappa shape index (κ3) is 6.92. The minimum Gasteiger partial charge on any atom is -0.480 e. The predicted octanol–water partition coefficient (Wildman–Crippen LogP) is -6.08. The summed E-state index contributed by atoms with van der Waals surface area (Å²) in [5.41, 5.74) is 5.16. The van der Waals surface area contributed by atoms with Gasteiger partial charge in [0.2, 0.25) is 5.79 Å². The lowest BCUT2D eigenvalue weighted by Crippen LogP contribution is -2.68. The summed E-state index contributed by atoms with van der Waals surface area (Å²) < 4.78 is 15.7. The van der Waals surface area contributed by atoms with Gasteiger partial charge in [-0.2, -0.15) is 0 Å². The number of hydrogen-bond acceptors (Lipinski definition) is 13. The molecule has 2 saturated heterocycles. The molecule has 0 amide bonds. The lowest BCUT2D eigenvalue weighted by atomic mass is 9.95. The van der Waals surface area contributed by atoms with Gasteiger partial charge >= 0.3 is 5.97 Å². The van der Waals surface area contributed by atoms with Crippen LogP contribution in [0.1, 0.15) is 12.8 Å². The Kier molecular flexibility index (Phi) is 10.3. The van der Waals surface area contributed by atoms with Crippen LogP contribution in [-0.2, 0) is 19.0 Å². The summed E-state index contributed by atoms with van der Waals surface area (Å²) in [5, 5.41) is 92.3. The van der Waals surface area contributed by atoms with E-state index in [1.54, 1.807) is 0 Å². The van der Waals surface area contributed by atoms with Crippen molar-refractivity contribution in [1.29, 1.82) is 5.41 Å². The molecule has 2 aliphatic heterocycles. The van der Waals surface area contributed by atoms with Gasteiger partial charge in [0, 0.05) is 6.54 Å². The highest BCUT2D eigenvalue weighted by Gasteiger charge is 2.53. The molecule has 0 aliphatic carbocycles. The monoisotopic (exact) mass is 498 g/mol. The number of aliphatic carboxylic acids is 1. The normalized spacial score (nSPS) is 39.4. The van der Waals surface area contributed by atoms with E-state index in [0.717, 1.165) is 0 Å². The zero-order valence-corrected chi connectivity index (χ0v) is 18.2. The third-order valence-electron chi connectivity index (χ3n) is 5.68. The second-order valence-electron chi connectivity index (χ2n) is 8.22. The molecule has 2 aliphatic rings. The molecule has 0 bridgehead atoms. The summed E-state index contributed by atoms with van der Waals surface area (Å²) in [4.78, 5) is 11.5. The molecule has 0 radical (unpaired) electrons. The Labute approximate surface area is 194 Å². The van der Waals surface area contributed by atoms with E-state index in [9.17, 15) is 45.6 Å². The van der Waals surface area contributed by atoms with Crippen molar-refractivity contribution in [3.8, 4) is 0 Å². The van der Waals surface area contributed by atoms with Crippen molar-refractivity contribution in [3.05, 3.63) is 0 Å². The van der Waals surface area contributed by atoms with Gasteiger partial charge in [0.15, 0.2) is 12.2 Å². The maximum Gasteiger partial charge on any atom is 0.320 e. The lowest BCUT2D eigenvalue weighted by molar-refractivity contribution is -0.367. The zero-order chi connectivity index (χ0) is 25.6. The number of nitrogens with one attached hydrogen (secondary N) is 3. The van der Waals surface area contributed by atoms with Gasteiger partial charge in [0.1, 0.15) is 48.8 Å². The number of ether oxygens (including phenoxy) is 3. The van der Waals surface area contributed by atoms with E-state index >= 15 is 0 Å². The first kappa shape index (κ1) is 28.5. The van der Waals surface area contributed by atoms with Crippen LogP contribution < -0.4 is 16.4 Å². The second-order valence-corrected chi connectivity index (χ2v) is 8.22. The lowest BCUT2D eigenvalue weighted by Gasteiger charge is -2.47. The Bertz CT molecular complexity index is 687. The number of hydrogen-bond donors (Lipinski definition) is 12. The van der Waals surface area contributed by atoms with Crippen molar-refractivity contribution >= 4 is 11.9 Å². The predicted molar refractivity (Wildman–Crippen MR) is 110 cm³/mol. The zero-order valence-electron chi connectivity index (χ0n) is 18.2. The smallest absolute Gasteiger partial charge is 0.320 e. The van der Waals surface area contributed by atoms with E-state index in [1.807, 2.05) is 0 Å². The number of aliphatic hydroxyl groups excluding tert-OH is 6. The fraction of sp³-hybridized carbons (Fsp3) is 0.889. The maximum atomic E-state index is 11.5. The Balaban J connectivity index is 2.02. The molecule has 0 aromatic carbocycles. The average Bonchev–Trinajstić information content (AvgIpc) is 2.78. The molecule has 16 heteroatoms. The fourth-order valence-electron chi connectivity index (χ4n) is 3.64. The highest BCUT2D eigenvalue weighted by atomic mass is 16.7. The first-order valence-corrected chi connectivity index (χ1v) is 10.6. The van der Waals surface area contributed by atoms with E-state index in [1.165, 1.54) is 0 Å². The van der Waals surface area contributed by atoms with Crippen LogP contribution in [0.5, 0.6) is 0 Å². The van der Waals surface area contributed by atoms with E-state index < -0.39 is 86.6 Å². The first-order valence-electron chi connectivity index (χ1n) is 10.6. The topological polar surface area (TPSA) is 281 Å². The molecular formula is C18H34N4O12. The van der Waals surface area contributed by atoms with Gasteiger partial charge in [-0.15, -0.1) is 0 Å². The molecule has 2 rings (SSSR count). The van der Waals surface area contributed by atoms with E-state index in [0.29, 0.717) is 6.42 Å². The molecule has 198 valence electrons. The van der Waals surface area contributed by atoms with Gasteiger partial charge in [0.05, 0.1) is 19.8 Å². The van der Waals surface area contributed by atoms with Crippen LogP contribution in [0.25, 0.3) is 0 Å². The summed E-state index contributed by atoms with van der Waals surface area (Å²) in [6.45, 7) is -1.62. The molecule has 0 saturated carbocycles. The number of guanidine groups is 1. The molecule has 0 spiro atoms. The van der Waals surface area contributed by atoms with Crippen molar-refractivity contribution in [3.63, 3.8) is 0 Å². The Morgan fingerprint density at radius 3 is 2.47 bits per heavy atom. The van der Waals surface area contributed by atoms with Crippen LogP contribution in [0.3, 0.4) is 0 Å². The summed E-state index contributed by atoms with van der Waals surface area (Å²) in [7, 11) is 0. The van der Waals surface area contributed by atoms with Gasteiger partial charge in [-0.05, 0) is 12.8 Å². The highest BCUT2D eigenvalue weighted by molar-refractivity contribution is 5.74. The number of rotatable bonds is 11. The van der Waals surface area contributed by atoms with Crippen LogP contribution in [-0.4, -0.2) is 140 Å². The Morgan fingerprint density at radius 2 is 1.88 bits per heavy atom. The van der Waals surface area contributed by atoms with Gasteiger partial charge in [0.25, 0.3) is 0 Å². The van der Waals surface area contributed by atoms with Crippen molar-refractivity contribution in [1.82, 2.24) is 10.6 Å². The molecule has 10 atom stereocenters. The molecule has 9 unspecified atom stereocenters. The molecule has 0 aromatic rings. The molecule has 2 heterocycles. The van der Waals surface area contributed by atoms with Crippen LogP contribution in [0.4, 0.5) is 0 Å². The van der Waals surface area contributed by atoms with Crippen molar-refractivity contribution in [2.75, 3.05) is 26.3 Å². The fourth-order valence-corrected chi connectivity index (χ4v) is 3.64. The average molecular weight is 498 g/mol. The molecule has 2 fully saturated rings. The van der Waals surface area contributed by atoms with Crippen molar-refractivity contribution < 1.29 is 59.9 Å². The molecule has 16 nitrogen and oxygen atoms in total. The molecular weight excluding hydrogens is 464 g/mol. The van der Waals surface area contributed by atoms with Gasteiger partial charge in [-0.3, -0.25) is 15.5 Å². The highest BCUT2D eigenvalue weighted by Crippen LogP contribution is 2.30. The number of carboxylic acids is 1. The largest absolute Gasteiger partial charge is 0.480 e. The SMILES string of the molecule is N=C(N)NCCCC(NC[C@]1(O)OCC(O)C(OC2OC(CO)C(O)C(O)C2O)C1O)C(=O)O. The molecule has 0 aromatic heterocycles. The number of nitrogens with two attached hydrogens (primary N) is 1. The molecule has 34 heavy (non-hydrogen) atoms. The minimum atomic E-state index is -2.41. The first-order chi connectivity index (χ1) is 15.9. The summed E-state index contributed by atoms with van der Waals surface area (Å²) >= 11 is 0. The van der Waals surface area contributed by atoms with Crippen LogP contribution >= 0.6 is 0 Å². The van der Waals surface area contributed by atoms with Crippen LogP contribution in [0.2, 0.25) is 0 Å². The van der Waals surface area contributed by atoms with Gasteiger partial charge in [-0.25, -0.2) is 0 Å². The quantitative estimate of drug-likeness (QED) is 0.0717. The summed E-state index contributed by atoms with van der Waals surface area (Å²) in [6.07, 6.45) is -12.9. The standard InChI is InChI=1S/C18H34N4O12/c19-17(20)21-3-1-2-7(15(29)30)22-6-18(31)14(28)13(8(24)5-32-18)34-16-12(27)11(26)10(25)9(4-23)33-16/h7-14,16,22-28,31H,1-6H2,(H,29,30)(H4,19,20,21)/t7?,8?,9?,10?,11?,12?,13?,14?,16?,18-/m0/s1. The summed E-state index contributed by atoms with van der Waals surface area (Å²) in [6, 6.07) is -1.16. The van der Waals surface area contributed by atoms with Crippen LogP contribution in [0, 0.1) is 5.41 Å². The van der Waals surface area contributed by atoms with E-state index in [2.05, 4.69) is 10.6 Å². The number of carboxylic acid groups (broad SMARTS) is 1. The Morgan fingerprint density at radius 1 is 1.21 bits per heavy atom. The van der Waals surface area contributed by atoms with E-state index in [4.69, 9.17) is 25.4 Å². The molecule has 13 N–H and O–H groups in total. The second kappa shape index (κ2) is 12.3. The summed E-state index contributed by atoms with van der Waals surface area (Å²) in [5.74, 6) is -3.92. The third-order valence-corrected chi connectivity index (χ3v) is 5.68. The number of aliphatic hydroxyl groups is 7. The van der Waals surface area contributed by atoms with Gasteiger partial charge < -0.3 is 66.1 Å².